The average Bonchev–Trinajstić information content (AvgIpc) is 3.10. The fourth-order valence-corrected chi connectivity index (χ4v) is 4.03. The number of para-hydroxylation sites is 1. The van der Waals surface area contributed by atoms with E-state index in [1.165, 1.54) is 24.0 Å². The fourth-order valence-electron chi connectivity index (χ4n) is 4.03. The third kappa shape index (κ3) is 1.52. The van der Waals surface area contributed by atoms with E-state index in [4.69, 9.17) is 10.2 Å². The minimum atomic E-state index is 0.431. The monoisotopic (exact) mass is 276 g/mol. The van der Waals surface area contributed by atoms with Crippen LogP contribution in [0.1, 0.15) is 35.3 Å². The Morgan fingerprint density at radius 2 is 1.95 bits per heavy atom. The molecule has 1 aromatic heterocycles. The molecule has 1 saturated carbocycles. The van der Waals surface area contributed by atoms with Gasteiger partial charge in [0.25, 0.3) is 0 Å². The Balaban J connectivity index is 1.59. The molecule has 3 atom stereocenters. The number of aromatic nitrogens is 1. The van der Waals surface area contributed by atoms with E-state index in [1.54, 1.807) is 0 Å². The zero-order valence-corrected chi connectivity index (χ0v) is 11.6. The number of nitrogens with two attached hydrogens (primary N) is 1. The van der Waals surface area contributed by atoms with Crippen LogP contribution in [0.2, 0.25) is 0 Å². The number of nitrogens with zero attached hydrogens (tertiary/aromatic N) is 1. The minimum absolute atomic E-state index is 0.431. The molecule has 0 aliphatic heterocycles. The lowest BCUT2D eigenvalue weighted by molar-refractivity contribution is 0.517. The number of nitrogen functional groups attached to an aromatic ring is 1. The third-order valence-electron chi connectivity index (χ3n) is 5.08. The third-order valence-corrected chi connectivity index (χ3v) is 5.08. The summed E-state index contributed by atoms with van der Waals surface area (Å²) < 4.78 is 5.99. The first-order valence-electron chi connectivity index (χ1n) is 7.55. The number of anilines is 1. The highest BCUT2D eigenvalue weighted by molar-refractivity contribution is 5.85. The molecule has 0 spiro atoms. The van der Waals surface area contributed by atoms with Crippen molar-refractivity contribution in [3.63, 3.8) is 0 Å². The number of hydrogen-bond donors (Lipinski definition) is 1. The van der Waals surface area contributed by atoms with Gasteiger partial charge in [-0.05, 0) is 47.9 Å². The number of rotatable bonds is 1. The van der Waals surface area contributed by atoms with Crippen LogP contribution in [-0.2, 0) is 6.42 Å². The molecule has 0 radical (unpaired) electrons. The number of benzene rings is 2. The second kappa shape index (κ2) is 3.88. The molecule has 2 aliphatic rings. The summed E-state index contributed by atoms with van der Waals surface area (Å²) in [5.74, 6) is 2.58. The van der Waals surface area contributed by atoms with E-state index in [-0.39, 0.29) is 0 Å². The highest BCUT2D eigenvalue weighted by Crippen LogP contribution is 2.65. The number of fused-ring (bicyclic) bond motifs is 4. The lowest BCUT2D eigenvalue weighted by atomic mass is 9.92. The van der Waals surface area contributed by atoms with Gasteiger partial charge in [-0.15, -0.1) is 0 Å². The van der Waals surface area contributed by atoms with Crippen LogP contribution in [0, 0.1) is 5.92 Å². The number of aryl methyl sites for hydroxylation is 1. The molecule has 104 valence electrons. The Morgan fingerprint density at radius 1 is 1.05 bits per heavy atom. The predicted octanol–water partition coefficient (Wildman–Crippen LogP) is 3.85. The van der Waals surface area contributed by atoms with Crippen molar-refractivity contribution in [1.29, 1.82) is 0 Å². The van der Waals surface area contributed by atoms with Gasteiger partial charge >= 0.3 is 0 Å². The van der Waals surface area contributed by atoms with Crippen molar-refractivity contribution >= 4 is 16.8 Å². The Kier molecular flexibility index (Phi) is 2.10. The van der Waals surface area contributed by atoms with Crippen molar-refractivity contribution in [2.75, 3.05) is 5.73 Å². The molecular weight excluding hydrogens is 260 g/mol. The first kappa shape index (κ1) is 11.4. The van der Waals surface area contributed by atoms with Gasteiger partial charge in [0.05, 0.1) is 5.69 Å². The van der Waals surface area contributed by atoms with Crippen LogP contribution in [0.5, 0.6) is 0 Å². The maximum atomic E-state index is 5.99. The van der Waals surface area contributed by atoms with Crippen molar-refractivity contribution in [2.24, 2.45) is 5.92 Å². The quantitative estimate of drug-likeness (QED) is 0.687. The second-order valence-electron chi connectivity index (χ2n) is 6.20. The summed E-state index contributed by atoms with van der Waals surface area (Å²) in [5.41, 5.74) is 11.3. The molecule has 1 fully saturated rings. The van der Waals surface area contributed by atoms with E-state index >= 15 is 0 Å². The van der Waals surface area contributed by atoms with Crippen LogP contribution in [0.3, 0.4) is 0 Å². The Hall–Kier alpha value is -2.29. The topological polar surface area (TPSA) is 52.0 Å². The smallest absolute Gasteiger partial charge is 0.199 e. The van der Waals surface area contributed by atoms with Crippen molar-refractivity contribution in [3.05, 3.63) is 59.5 Å². The van der Waals surface area contributed by atoms with Crippen LogP contribution in [-0.4, -0.2) is 4.98 Å². The van der Waals surface area contributed by atoms with Crippen LogP contribution < -0.4 is 5.73 Å². The van der Waals surface area contributed by atoms with Gasteiger partial charge in [-0.1, -0.05) is 30.3 Å². The molecule has 3 nitrogen and oxygen atoms in total. The molecule has 0 amide bonds. The summed E-state index contributed by atoms with van der Waals surface area (Å²) >= 11 is 0. The number of hydrogen-bond acceptors (Lipinski definition) is 3. The normalized spacial score (nSPS) is 26.4. The van der Waals surface area contributed by atoms with Gasteiger partial charge in [0.1, 0.15) is 5.52 Å². The van der Waals surface area contributed by atoms with Gasteiger partial charge in [-0.2, -0.15) is 0 Å². The van der Waals surface area contributed by atoms with Crippen molar-refractivity contribution in [2.45, 2.75) is 24.7 Å². The van der Waals surface area contributed by atoms with Crippen LogP contribution in [0.15, 0.2) is 46.9 Å². The second-order valence-corrected chi connectivity index (χ2v) is 6.20. The first-order valence-corrected chi connectivity index (χ1v) is 7.55. The Bertz CT molecular complexity index is 851. The summed E-state index contributed by atoms with van der Waals surface area (Å²) in [6.07, 6.45) is 2.41. The van der Waals surface area contributed by atoms with Crippen molar-refractivity contribution in [1.82, 2.24) is 4.98 Å². The van der Waals surface area contributed by atoms with Crippen molar-refractivity contribution < 1.29 is 4.42 Å². The van der Waals surface area contributed by atoms with Crippen LogP contribution in [0.25, 0.3) is 11.1 Å². The van der Waals surface area contributed by atoms with Crippen LogP contribution in [0.4, 0.5) is 5.69 Å². The van der Waals surface area contributed by atoms with E-state index in [0.29, 0.717) is 23.4 Å². The van der Waals surface area contributed by atoms with E-state index in [0.717, 1.165) is 17.0 Å². The molecule has 0 saturated heterocycles. The molecule has 21 heavy (non-hydrogen) atoms. The minimum Gasteiger partial charge on any atom is -0.440 e. The lowest BCUT2D eigenvalue weighted by Gasteiger charge is -2.13. The largest absolute Gasteiger partial charge is 0.440 e. The molecule has 3 heteroatoms. The molecule has 2 N–H and O–H groups in total. The van der Waals surface area contributed by atoms with E-state index < -0.39 is 0 Å². The summed E-state index contributed by atoms with van der Waals surface area (Å²) in [7, 11) is 0. The van der Waals surface area contributed by atoms with Crippen LogP contribution >= 0.6 is 0 Å². The zero-order chi connectivity index (χ0) is 14.0. The van der Waals surface area contributed by atoms with Crippen molar-refractivity contribution in [3.8, 4) is 0 Å². The van der Waals surface area contributed by atoms with Gasteiger partial charge in [-0.3, -0.25) is 0 Å². The first-order chi connectivity index (χ1) is 10.3. The van der Waals surface area contributed by atoms with E-state index in [1.807, 2.05) is 18.2 Å². The molecule has 3 aromatic rings. The summed E-state index contributed by atoms with van der Waals surface area (Å²) in [4.78, 5) is 4.68. The summed E-state index contributed by atoms with van der Waals surface area (Å²) in [5, 5.41) is 0. The fraction of sp³-hybridized carbons (Fsp3) is 0.278. The maximum absolute atomic E-state index is 5.99. The molecule has 1 heterocycles. The molecule has 0 bridgehead atoms. The van der Waals surface area contributed by atoms with Gasteiger partial charge < -0.3 is 10.2 Å². The van der Waals surface area contributed by atoms with E-state index in [2.05, 4.69) is 29.2 Å². The summed E-state index contributed by atoms with van der Waals surface area (Å²) in [6.45, 7) is 0. The zero-order valence-electron chi connectivity index (χ0n) is 11.6. The highest BCUT2D eigenvalue weighted by atomic mass is 16.3. The molecule has 2 aliphatic carbocycles. The molecular formula is C18H16N2O. The maximum Gasteiger partial charge on any atom is 0.199 e. The Morgan fingerprint density at radius 3 is 2.86 bits per heavy atom. The number of oxazole rings is 1. The van der Waals surface area contributed by atoms with Gasteiger partial charge in [0.2, 0.25) is 0 Å². The lowest BCUT2D eigenvalue weighted by Crippen LogP contribution is -2.00. The highest BCUT2D eigenvalue weighted by Gasteiger charge is 2.56. The molecule has 5 rings (SSSR count). The SMILES string of the molecule is Nc1cccc2oc(C3C4CCc5ccccc5C43)nc12. The van der Waals surface area contributed by atoms with Gasteiger partial charge in [0, 0.05) is 5.92 Å². The summed E-state index contributed by atoms with van der Waals surface area (Å²) in [6, 6.07) is 14.5. The van der Waals surface area contributed by atoms with Gasteiger partial charge in [0.15, 0.2) is 11.5 Å². The van der Waals surface area contributed by atoms with Gasteiger partial charge in [-0.25, -0.2) is 4.98 Å². The molecule has 2 aromatic carbocycles. The van der Waals surface area contributed by atoms with E-state index in [9.17, 15) is 0 Å². The standard InChI is InChI=1S/C18H16N2O/c19-13-6-3-7-14-17(13)20-18(21-14)16-12-9-8-10-4-1-2-5-11(10)15(12)16/h1-7,12,15-16H,8-9,19H2. The average molecular weight is 276 g/mol. The molecule has 3 unspecified atom stereocenters. The Labute approximate surface area is 122 Å². The predicted molar refractivity (Wildman–Crippen MR) is 82.2 cm³/mol.